The zero-order valence-electron chi connectivity index (χ0n) is 12.0. The molecule has 23 heavy (non-hydrogen) atoms. The molecule has 1 saturated heterocycles. The van der Waals surface area contributed by atoms with E-state index in [4.69, 9.17) is 14.6 Å². The Morgan fingerprint density at radius 2 is 2.04 bits per heavy atom. The van der Waals surface area contributed by atoms with Crippen molar-refractivity contribution < 1.29 is 29.0 Å². The summed E-state index contributed by atoms with van der Waals surface area (Å²) in [6, 6.07) is 2.71. The van der Waals surface area contributed by atoms with Crippen LogP contribution in [0.5, 0.6) is 11.5 Å². The average Bonchev–Trinajstić information content (AvgIpc) is 2.76. The highest BCUT2D eigenvalue weighted by Gasteiger charge is 2.23. The quantitative estimate of drug-likeness (QED) is 0.355. The highest BCUT2D eigenvalue weighted by atomic mass is 127. The van der Waals surface area contributed by atoms with Gasteiger partial charge in [0.15, 0.2) is 18.1 Å². The van der Waals surface area contributed by atoms with Crippen molar-refractivity contribution in [2.24, 2.45) is 0 Å². The lowest BCUT2D eigenvalue weighted by atomic mass is 10.1. The molecule has 0 radical (unpaired) electrons. The minimum atomic E-state index is -1.10. The van der Waals surface area contributed by atoms with Gasteiger partial charge in [-0.1, -0.05) is 0 Å². The Morgan fingerprint density at radius 1 is 1.30 bits per heavy atom. The zero-order chi connectivity index (χ0) is 17.0. The van der Waals surface area contributed by atoms with E-state index in [9.17, 15) is 14.4 Å². The lowest BCUT2D eigenvalue weighted by molar-refractivity contribution is -0.139. The Labute approximate surface area is 145 Å². The fraction of sp³-hybridized carbons (Fsp3) is 0.214. The number of urea groups is 1. The van der Waals surface area contributed by atoms with Gasteiger partial charge in [0, 0.05) is 0 Å². The van der Waals surface area contributed by atoms with Crippen molar-refractivity contribution >= 4 is 46.6 Å². The van der Waals surface area contributed by atoms with Gasteiger partial charge in [0.25, 0.3) is 5.91 Å². The van der Waals surface area contributed by atoms with Gasteiger partial charge in [-0.25, -0.2) is 9.59 Å². The number of nitrogens with one attached hydrogen (secondary N) is 2. The highest BCUT2D eigenvalue weighted by Crippen LogP contribution is 2.35. The van der Waals surface area contributed by atoms with Crippen LogP contribution in [0.2, 0.25) is 0 Å². The van der Waals surface area contributed by atoms with Gasteiger partial charge in [-0.3, -0.25) is 10.1 Å². The standard InChI is InChI=1S/C14H13IN2O6/c1-2-22-10-5-7(4-9-13(20)17-14(21)16-9)3-8(15)12(10)23-6-11(18)19/h3-5H,2,6H2,1H3,(H,18,19)(H2,16,17,20,21)/b9-4+. The topological polar surface area (TPSA) is 114 Å². The van der Waals surface area contributed by atoms with Gasteiger partial charge >= 0.3 is 12.0 Å². The number of halogens is 1. The summed E-state index contributed by atoms with van der Waals surface area (Å²) in [6.07, 6.45) is 1.49. The predicted octanol–water partition coefficient (Wildman–Crippen LogP) is 1.33. The summed E-state index contributed by atoms with van der Waals surface area (Å²) in [5.74, 6) is -0.942. The lowest BCUT2D eigenvalue weighted by Gasteiger charge is -2.13. The van der Waals surface area contributed by atoms with Crippen LogP contribution < -0.4 is 20.1 Å². The van der Waals surface area contributed by atoms with Gasteiger partial charge < -0.3 is 19.9 Å². The molecule has 9 heteroatoms. The third-order valence-electron chi connectivity index (χ3n) is 2.70. The first kappa shape index (κ1) is 17.1. The van der Waals surface area contributed by atoms with Gasteiger partial charge in [0.2, 0.25) is 0 Å². The normalized spacial score (nSPS) is 15.3. The van der Waals surface area contributed by atoms with Gasteiger partial charge in [0.05, 0.1) is 10.2 Å². The van der Waals surface area contributed by atoms with Gasteiger partial charge in [-0.2, -0.15) is 0 Å². The molecule has 0 spiro atoms. The van der Waals surface area contributed by atoms with Crippen LogP contribution >= 0.6 is 22.6 Å². The van der Waals surface area contributed by atoms with Crippen LogP contribution in [0, 0.1) is 3.57 Å². The number of carbonyl (C=O) groups is 3. The van der Waals surface area contributed by atoms with Crippen LogP contribution in [0.3, 0.4) is 0 Å². The van der Waals surface area contributed by atoms with Gasteiger partial charge in [-0.15, -0.1) is 0 Å². The number of imide groups is 1. The molecule has 3 N–H and O–H groups in total. The SMILES string of the molecule is CCOc1cc(/C=C2/NC(=O)NC2=O)cc(I)c1OCC(=O)O. The summed E-state index contributed by atoms with van der Waals surface area (Å²) in [4.78, 5) is 33.3. The van der Waals surface area contributed by atoms with Crippen LogP contribution in [-0.4, -0.2) is 36.2 Å². The molecular formula is C14H13IN2O6. The minimum absolute atomic E-state index is 0.118. The number of carboxylic acid groups (broad SMARTS) is 1. The first-order chi connectivity index (χ1) is 10.9. The smallest absolute Gasteiger partial charge is 0.341 e. The molecule has 1 aliphatic heterocycles. The number of rotatable bonds is 6. The largest absolute Gasteiger partial charge is 0.490 e. The molecule has 0 bridgehead atoms. The second-order valence-electron chi connectivity index (χ2n) is 4.41. The molecule has 8 nitrogen and oxygen atoms in total. The Morgan fingerprint density at radius 3 is 2.61 bits per heavy atom. The summed E-state index contributed by atoms with van der Waals surface area (Å²) in [5, 5.41) is 13.2. The summed E-state index contributed by atoms with van der Waals surface area (Å²) in [5.41, 5.74) is 0.723. The Balaban J connectivity index is 2.35. The number of hydrogen-bond donors (Lipinski definition) is 3. The predicted molar refractivity (Wildman–Crippen MR) is 88.1 cm³/mol. The monoisotopic (exact) mass is 432 g/mol. The van der Waals surface area contributed by atoms with E-state index in [0.29, 0.717) is 27.2 Å². The molecule has 0 atom stereocenters. The van der Waals surface area contributed by atoms with Crippen molar-refractivity contribution in [3.05, 3.63) is 27.0 Å². The molecule has 1 aromatic rings. The molecular weight excluding hydrogens is 419 g/mol. The van der Waals surface area contributed by atoms with E-state index in [2.05, 4.69) is 10.6 Å². The maximum atomic E-state index is 11.5. The Hall–Kier alpha value is -2.30. The number of ether oxygens (including phenoxy) is 2. The summed E-state index contributed by atoms with van der Waals surface area (Å²) >= 11 is 1.98. The number of aliphatic carboxylic acids is 1. The molecule has 1 fully saturated rings. The zero-order valence-corrected chi connectivity index (χ0v) is 14.2. The van der Waals surface area contributed by atoms with E-state index in [1.54, 1.807) is 19.1 Å². The molecule has 0 aliphatic carbocycles. The lowest BCUT2D eigenvalue weighted by Crippen LogP contribution is -2.22. The molecule has 0 saturated carbocycles. The fourth-order valence-corrected chi connectivity index (χ4v) is 2.64. The van der Waals surface area contributed by atoms with Crippen molar-refractivity contribution in [3.63, 3.8) is 0 Å². The highest BCUT2D eigenvalue weighted by molar-refractivity contribution is 14.1. The van der Waals surface area contributed by atoms with Crippen LogP contribution in [0.15, 0.2) is 17.8 Å². The van der Waals surface area contributed by atoms with Crippen LogP contribution in [-0.2, 0) is 9.59 Å². The van der Waals surface area contributed by atoms with Crippen LogP contribution in [0.1, 0.15) is 12.5 Å². The first-order valence-electron chi connectivity index (χ1n) is 6.55. The van der Waals surface area contributed by atoms with Crippen molar-refractivity contribution in [3.8, 4) is 11.5 Å². The molecule has 3 amide bonds. The molecule has 122 valence electrons. The maximum Gasteiger partial charge on any atom is 0.341 e. The molecule has 2 rings (SSSR count). The molecule has 0 aromatic heterocycles. The summed E-state index contributed by atoms with van der Waals surface area (Å²) in [7, 11) is 0. The third kappa shape index (κ3) is 4.34. The summed E-state index contributed by atoms with van der Waals surface area (Å²) < 4.78 is 11.3. The van der Waals surface area contributed by atoms with Crippen molar-refractivity contribution in [1.82, 2.24) is 10.6 Å². The molecule has 1 aliphatic rings. The number of carboxylic acids is 1. The number of carbonyl (C=O) groups excluding carboxylic acids is 2. The molecule has 1 heterocycles. The second-order valence-corrected chi connectivity index (χ2v) is 5.57. The van der Waals surface area contributed by atoms with E-state index >= 15 is 0 Å². The van der Waals surface area contributed by atoms with E-state index in [-0.39, 0.29) is 5.70 Å². The number of amides is 3. The van der Waals surface area contributed by atoms with Gasteiger partial charge in [-0.05, 0) is 53.3 Å². The van der Waals surface area contributed by atoms with E-state index in [1.807, 2.05) is 22.6 Å². The first-order valence-corrected chi connectivity index (χ1v) is 7.63. The Bertz CT molecular complexity index is 701. The number of hydrogen-bond acceptors (Lipinski definition) is 5. The molecule has 1 aromatic carbocycles. The third-order valence-corrected chi connectivity index (χ3v) is 3.50. The minimum Gasteiger partial charge on any atom is -0.490 e. The van der Waals surface area contributed by atoms with Crippen LogP contribution in [0.25, 0.3) is 6.08 Å². The van der Waals surface area contributed by atoms with Crippen LogP contribution in [0.4, 0.5) is 4.79 Å². The van der Waals surface area contributed by atoms with E-state index in [1.165, 1.54) is 6.08 Å². The molecule has 0 unspecified atom stereocenters. The van der Waals surface area contributed by atoms with Crippen molar-refractivity contribution in [2.45, 2.75) is 6.92 Å². The maximum absolute atomic E-state index is 11.5. The van der Waals surface area contributed by atoms with Gasteiger partial charge in [0.1, 0.15) is 5.70 Å². The fourth-order valence-electron chi connectivity index (χ4n) is 1.86. The second kappa shape index (κ2) is 7.31. The van der Waals surface area contributed by atoms with Crippen molar-refractivity contribution in [1.29, 1.82) is 0 Å². The van der Waals surface area contributed by atoms with E-state index in [0.717, 1.165) is 0 Å². The summed E-state index contributed by atoms with van der Waals surface area (Å²) in [6.45, 7) is 1.65. The average molecular weight is 432 g/mol. The van der Waals surface area contributed by atoms with E-state index < -0.39 is 24.5 Å². The Kier molecular flexibility index (Phi) is 5.42. The van der Waals surface area contributed by atoms with Crippen molar-refractivity contribution in [2.75, 3.05) is 13.2 Å². The number of benzene rings is 1.